The first-order valence-corrected chi connectivity index (χ1v) is 6.52. The highest BCUT2D eigenvalue weighted by Crippen LogP contribution is 2.18. The first kappa shape index (κ1) is 15.0. The van der Waals surface area contributed by atoms with Crippen molar-refractivity contribution in [3.05, 3.63) is 35.6 Å². The molecule has 2 rings (SSSR count). The van der Waals surface area contributed by atoms with E-state index in [0.29, 0.717) is 24.0 Å². The summed E-state index contributed by atoms with van der Waals surface area (Å²) in [5, 5.41) is 6.69. The van der Waals surface area contributed by atoms with Crippen molar-refractivity contribution in [2.45, 2.75) is 32.7 Å². The van der Waals surface area contributed by atoms with Gasteiger partial charge in [-0.25, -0.2) is 4.98 Å². The number of rotatable bonds is 5. The molecule has 2 aromatic rings. The van der Waals surface area contributed by atoms with Gasteiger partial charge in [-0.05, 0) is 19.9 Å². The Morgan fingerprint density at radius 2 is 2.14 bits per heavy atom. The van der Waals surface area contributed by atoms with Crippen molar-refractivity contribution in [2.24, 2.45) is 0 Å². The minimum Gasteiger partial charge on any atom is -0.481 e. The van der Waals surface area contributed by atoms with Crippen LogP contribution in [-0.4, -0.2) is 28.1 Å². The minimum absolute atomic E-state index is 0.152. The van der Waals surface area contributed by atoms with Crippen LogP contribution in [0, 0.1) is 0 Å². The fraction of sp³-hybridized carbons (Fsp3) is 0.429. The Kier molecular flexibility index (Phi) is 4.21. The Labute approximate surface area is 122 Å². The van der Waals surface area contributed by atoms with Gasteiger partial charge in [0.1, 0.15) is 0 Å². The highest BCUT2D eigenvalue weighted by molar-refractivity contribution is 5.73. The Hall–Kier alpha value is -2.44. The molecule has 1 N–H and O–H groups in total. The summed E-state index contributed by atoms with van der Waals surface area (Å²) >= 11 is 0. The Bertz CT molecular complexity index is 637. The van der Waals surface area contributed by atoms with Crippen LogP contribution in [0.15, 0.2) is 22.7 Å². The van der Waals surface area contributed by atoms with E-state index in [9.17, 15) is 4.79 Å². The fourth-order valence-electron chi connectivity index (χ4n) is 1.90. The van der Waals surface area contributed by atoms with Gasteiger partial charge in [0.25, 0.3) is 0 Å². The van der Waals surface area contributed by atoms with Gasteiger partial charge in [-0.15, -0.1) is 0 Å². The van der Waals surface area contributed by atoms with E-state index in [0.717, 1.165) is 5.69 Å². The summed E-state index contributed by atoms with van der Waals surface area (Å²) in [6, 6.07) is 5.47. The minimum atomic E-state index is -0.685. The molecule has 0 fully saturated rings. The van der Waals surface area contributed by atoms with Crippen LogP contribution in [0.5, 0.6) is 5.88 Å². The zero-order chi connectivity index (χ0) is 15.5. The maximum Gasteiger partial charge on any atom is 0.232 e. The molecule has 112 valence electrons. The number of ether oxygens (including phenoxy) is 1. The second kappa shape index (κ2) is 5.90. The third-order valence-corrected chi connectivity index (χ3v) is 2.84. The average molecular weight is 290 g/mol. The van der Waals surface area contributed by atoms with Crippen molar-refractivity contribution in [1.29, 1.82) is 0 Å². The highest BCUT2D eigenvalue weighted by atomic mass is 16.5. The molecule has 0 aliphatic heterocycles. The maximum absolute atomic E-state index is 11.2. The summed E-state index contributed by atoms with van der Waals surface area (Å²) in [5.74, 6) is 1.24. The SMILES string of the molecule is COc1cccc(Cc2nc(C(C)(C)NC(C)=O)no2)n1. The molecule has 0 radical (unpaired) electrons. The lowest BCUT2D eigenvalue weighted by Gasteiger charge is -2.20. The molecule has 0 spiro atoms. The Morgan fingerprint density at radius 3 is 2.81 bits per heavy atom. The third-order valence-electron chi connectivity index (χ3n) is 2.84. The van der Waals surface area contributed by atoms with Gasteiger partial charge in [-0.2, -0.15) is 4.98 Å². The molecule has 0 aliphatic carbocycles. The normalized spacial score (nSPS) is 11.2. The van der Waals surface area contributed by atoms with Gasteiger partial charge < -0.3 is 14.6 Å². The molecule has 21 heavy (non-hydrogen) atoms. The van der Waals surface area contributed by atoms with Crippen LogP contribution in [0.25, 0.3) is 0 Å². The lowest BCUT2D eigenvalue weighted by atomic mass is 10.1. The van der Waals surface area contributed by atoms with Gasteiger partial charge in [0.05, 0.1) is 24.8 Å². The van der Waals surface area contributed by atoms with Crippen LogP contribution in [0.4, 0.5) is 0 Å². The molecular formula is C14H18N4O3. The van der Waals surface area contributed by atoms with Crippen molar-refractivity contribution >= 4 is 5.91 Å². The van der Waals surface area contributed by atoms with E-state index in [1.54, 1.807) is 13.2 Å². The van der Waals surface area contributed by atoms with E-state index >= 15 is 0 Å². The number of hydrogen-bond donors (Lipinski definition) is 1. The summed E-state index contributed by atoms with van der Waals surface area (Å²) < 4.78 is 10.3. The molecule has 1 amide bonds. The number of nitrogens with one attached hydrogen (secondary N) is 1. The number of hydrogen-bond acceptors (Lipinski definition) is 6. The molecule has 0 atom stereocenters. The monoisotopic (exact) mass is 290 g/mol. The van der Waals surface area contributed by atoms with Gasteiger partial charge in [0, 0.05) is 13.0 Å². The maximum atomic E-state index is 11.2. The number of amides is 1. The summed E-state index contributed by atoms with van der Waals surface area (Å²) in [5.41, 5.74) is 0.0805. The molecule has 7 nitrogen and oxygen atoms in total. The number of methoxy groups -OCH3 is 1. The van der Waals surface area contributed by atoms with Crippen molar-refractivity contribution in [2.75, 3.05) is 7.11 Å². The fourth-order valence-corrected chi connectivity index (χ4v) is 1.90. The molecule has 7 heteroatoms. The second-order valence-corrected chi connectivity index (χ2v) is 5.17. The first-order chi connectivity index (χ1) is 9.90. The average Bonchev–Trinajstić information content (AvgIpc) is 2.87. The van der Waals surface area contributed by atoms with Crippen LogP contribution < -0.4 is 10.1 Å². The van der Waals surface area contributed by atoms with Crippen molar-refractivity contribution < 1.29 is 14.1 Å². The molecule has 0 aliphatic rings. The zero-order valence-electron chi connectivity index (χ0n) is 12.5. The molecule has 2 aromatic heterocycles. The van der Waals surface area contributed by atoms with Gasteiger partial charge in [0.15, 0.2) is 5.82 Å². The largest absolute Gasteiger partial charge is 0.481 e. The number of pyridine rings is 1. The number of aromatic nitrogens is 3. The van der Waals surface area contributed by atoms with Crippen molar-refractivity contribution in [3.63, 3.8) is 0 Å². The van der Waals surface area contributed by atoms with Crippen molar-refractivity contribution in [3.8, 4) is 5.88 Å². The summed E-state index contributed by atoms with van der Waals surface area (Å²) in [6.07, 6.45) is 0.403. The van der Waals surface area contributed by atoms with Crippen LogP contribution in [0.2, 0.25) is 0 Å². The van der Waals surface area contributed by atoms with Crippen LogP contribution in [-0.2, 0) is 16.8 Å². The lowest BCUT2D eigenvalue weighted by Crippen LogP contribution is -2.40. The molecule has 0 saturated heterocycles. The quantitative estimate of drug-likeness (QED) is 0.896. The smallest absolute Gasteiger partial charge is 0.232 e. The first-order valence-electron chi connectivity index (χ1n) is 6.52. The van der Waals surface area contributed by atoms with E-state index < -0.39 is 5.54 Å². The van der Waals surface area contributed by atoms with Gasteiger partial charge in [-0.1, -0.05) is 11.2 Å². The molecule has 2 heterocycles. The Morgan fingerprint density at radius 1 is 1.38 bits per heavy atom. The zero-order valence-corrected chi connectivity index (χ0v) is 12.5. The van der Waals surface area contributed by atoms with E-state index in [2.05, 4.69) is 20.4 Å². The predicted molar refractivity (Wildman–Crippen MR) is 74.7 cm³/mol. The Balaban J connectivity index is 2.14. The van der Waals surface area contributed by atoms with Gasteiger partial charge in [-0.3, -0.25) is 4.79 Å². The summed E-state index contributed by atoms with van der Waals surface area (Å²) in [4.78, 5) is 19.8. The number of carbonyl (C=O) groups excluding carboxylic acids is 1. The van der Waals surface area contributed by atoms with Crippen molar-refractivity contribution in [1.82, 2.24) is 20.4 Å². The molecule has 0 saturated carbocycles. The number of carbonyl (C=O) groups is 1. The van der Waals surface area contributed by atoms with E-state index in [1.165, 1.54) is 6.92 Å². The van der Waals surface area contributed by atoms with Crippen LogP contribution in [0.1, 0.15) is 38.2 Å². The van der Waals surface area contributed by atoms with Gasteiger partial charge >= 0.3 is 0 Å². The second-order valence-electron chi connectivity index (χ2n) is 5.17. The van der Waals surface area contributed by atoms with Crippen LogP contribution >= 0.6 is 0 Å². The lowest BCUT2D eigenvalue weighted by molar-refractivity contribution is -0.120. The number of nitrogens with zero attached hydrogens (tertiary/aromatic N) is 3. The van der Waals surface area contributed by atoms with E-state index in [4.69, 9.17) is 9.26 Å². The van der Waals surface area contributed by atoms with Crippen LogP contribution in [0.3, 0.4) is 0 Å². The predicted octanol–water partition coefficient (Wildman–Crippen LogP) is 1.44. The van der Waals surface area contributed by atoms with Gasteiger partial charge in [0.2, 0.25) is 17.7 Å². The highest BCUT2D eigenvalue weighted by Gasteiger charge is 2.27. The summed E-state index contributed by atoms with van der Waals surface area (Å²) in [7, 11) is 1.56. The van der Waals surface area contributed by atoms with E-state index in [1.807, 2.05) is 26.0 Å². The molecule has 0 aromatic carbocycles. The molecule has 0 unspecified atom stereocenters. The molecule has 0 bridgehead atoms. The van der Waals surface area contributed by atoms with E-state index in [-0.39, 0.29) is 5.91 Å². The summed E-state index contributed by atoms with van der Waals surface area (Å²) in [6.45, 7) is 5.07. The third kappa shape index (κ3) is 3.77. The molecular weight excluding hydrogens is 272 g/mol. The topological polar surface area (TPSA) is 90.1 Å². The standard InChI is InChI=1S/C14H18N4O3/c1-9(19)17-14(2,3)13-16-12(21-18-13)8-10-6-5-7-11(15-10)20-4/h5-7H,8H2,1-4H3,(H,17,19).